The van der Waals surface area contributed by atoms with E-state index in [0.717, 1.165) is 18.4 Å². The zero-order chi connectivity index (χ0) is 12.7. The highest BCUT2D eigenvalue weighted by molar-refractivity contribution is 5.76. The summed E-state index contributed by atoms with van der Waals surface area (Å²) in [5.74, 6) is 0.102. The molecular formula is C14H22N2O. The van der Waals surface area contributed by atoms with Crippen LogP contribution in [0.25, 0.3) is 0 Å². The topological polar surface area (TPSA) is 46.3 Å². The van der Waals surface area contributed by atoms with Crippen LogP contribution >= 0.6 is 0 Å². The van der Waals surface area contributed by atoms with Crippen molar-refractivity contribution in [3.05, 3.63) is 35.4 Å². The summed E-state index contributed by atoms with van der Waals surface area (Å²) in [6, 6.07) is 8.47. The van der Waals surface area contributed by atoms with Gasteiger partial charge in [0.2, 0.25) is 5.91 Å². The predicted octanol–water partition coefficient (Wildman–Crippen LogP) is 1.95. The van der Waals surface area contributed by atoms with Crippen molar-refractivity contribution < 1.29 is 4.79 Å². The minimum atomic E-state index is 0.102. The summed E-state index contributed by atoms with van der Waals surface area (Å²) in [7, 11) is 1.82. The van der Waals surface area contributed by atoms with Gasteiger partial charge in [0.25, 0.3) is 0 Å². The summed E-state index contributed by atoms with van der Waals surface area (Å²) in [6.07, 6.45) is 2.70. The van der Waals surface area contributed by atoms with Crippen LogP contribution in [0.2, 0.25) is 0 Å². The van der Waals surface area contributed by atoms with Crippen molar-refractivity contribution >= 4 is 5.91 Å². The highest BCUT2D eigenvalue weighted by atomic mass is 16.2. The van der Waals surface area contributed by atoms with Crippen LogP contribution in [0.1, 0.15) is 30.9 Å². The molecule has 2 N–H and O–H groups in total. The fraction of sp³-hybridized carbons (Fsp3) is 0.500. The van der Waals surface area contributed by atoms with Gasteiger partial charge < -0.3 is 10.6 Å². The fourth-order valence-electron chi connectivity index (χ4n) is 1.78. The fourth-order valence-corrected chi connectivity index (χ4v) is 1.78. The van der Waals surface area contributed by atoms with Crippen molar-refractivity contribution in [2.75, 3.05) is 13.6 Å². The molecule has 0 radical (unpaired) electrons. The van der Waals surface area contributed by atoms with Crippen molar-refractivity contribution in [1.29, 1.82) is 0 Å². The number of rotatable bonds is 6. The van der Waals surface area contributed by atoms with Gasteiger partial charge in [0, 0.05) is 26.6 Å². The van der Waals surface area contributed by atoms with E-state index in [1.54, 1.807) is 4.90 Å². The third kappa shape index (κ3) is 4.57. The maximum Gasteiger partial charge on any atom is 0.223 e. The Hall–Kier alpha value is -1.35. The number of hydrogen-bond donors (Lipinski definition) is 1. The molecule has 1 aromatic rings. The van der Waals surface area contributed by atoms with E-state index in [1.807, 2.05) is 7.05 Å². The van der Waals surface area contributed by atoms with Gasteiger partial charge in [0.05, 0.1) is 0 Å². The molecule has 0 fully saturated rings. The number of carbonyl (C=O) groups is 1. The van der Waals surface area contributed by atoms with E-state index in [9.17, 15) is 4.79 Å². The molecule has 94 valence electrons. The Morgan fingerprint density at radius 3 is 2.35 bits per heavy atom. The van der Waals surface area contributed by atoms with Crippen LogP contribution in [0.4, 0.5) is 0 Å². The molecule has 3 nitrogen and oxygen atoms in total. The van der Waals surface area contributed by atoms with Crippen LogP contribution in [0.3, 0.4) is 0 Å². The number of amides is 1. The van der Waals surface area contributed by atoms with Crippen LogP contribution < -0.4 is 5.73 Å². The SMILES string of the molecule is CCCc1ccc(CN(C)C(=O)CCN)cc1. The van der Waals surface area contributed by atoms with Crippen LogP contribution in [-0.4, -0.2) is 24.4 Å². The first-order chi connectivity index (χ1) is 8.17. The van der Waals surface area contributed by atoms with Crippen molar-refractivity contribution in [3.63, 3.8) is 0 Å². The van der Waals surface area contributed by atoms with E-state index in [1.165, 1.54) is 5.56 Å². The van der Waals surface area contributed by atoms with E-state index in [-0.39, 0.29) is 5.91 Å². The summed E-state index contributed by atoms with van der Waals surface area (Å²) >= 11 is 0. The second kappa shape index (κ2) is 7.07. The molecule has 0 bridgehead atoms. The van der Waals surface area contributed by atoms with E-state index in [0.29, 0.717) is 19.5 Å². The maximum atomic E-state index is 11.6. The molecule has 0 atom stereocenters. The minimum Gasteiger partial charge on any atom is -0.341 e. The summed E-state index contributed by atoms with van der Waals surface area (Å²) in [5, 5.41) is 0. The quantitative estimate of drug-likeness (QED) is 0.817. The Kier molecular flexibility index (Phi) is 5.70. The van der Waals surface area contributed by atoms with Crippen molar-refractivity contribution in [2.24, 2.45) is 5.73 Å². The molecule has 0 aromatic heterocycles. The number of benzene rings is 1. The molecule has 0 unspecified atom stereocenters. The van der Waals surface area contributed by atoms with Crippen LogP contribution in [0, 0.1) is 0 Å². The molecule has 0 aliphatic heterocycles. The van der Waals surface area contributed by atoms with Crippen LogP contribution in [0.5, 0.6) is 0 Å². The van der Waals surface area contributed by atoms with Gasteiger partial charge in [-0.3, -0.25) is 4.79 Å². The predicted molar refractivity (Wildman–Crippen MR) is 70.6 cm³/mol. The summed E-state index contributed by atoms with van der Waals surface area (Å²) in [4.78, 5) is 13.3. The molecule has 0 spiro atoms. The number of nitrogens with zero attached hydrogens (tertiary/aromatic N) is 1. The first-order valence-electron chi connectivity index (χ1n) is 6.19. The molecule has 0 saturated heterocycles. The second-order valence-corrected chi connectivity index (χ2v) is 4.35. The first-order valence-corrected chi connectivity index (χ1v) is 6.19. The molecule has 1 rings (SSSR count). The lowest BCUT2D eigenvalue weighted by molar-refractivity contribution is -0.130. The number of hydrogen-bond acceptors (Lipinski definition) is 2. The molecule has 0 aliphatic rings. The smallest absolute Gasteiger partial charge is 0.223 e. The van der Waals surface area contributed by atoms with Crippen molar-refractivity contribution in [1.82, 2.24) is 4.90 Å². The Labute approximate surface area is 104 Å². The average molecular weight is 234 g/mol. The molecule has 1 amide bonds. The highest BCUT2D eigenvalue weighted by Crippen LogP contribution is 2.09. The zero-order valence-corrected chi connectivity index (χ0v) is 10.8. The van der Waals surface area contributed by atoms with Gasteiger partial charge in [0.1, 0.15) is 0 Å². The Morgan fingerprint density at radius 1 is 1.24 bits per heavy atom. The molecule has 0 saturated carbocycles. The Morgan fingerprint density at radius 2 is 1.82 bits per heavy atom. The molecule has 1 aromatic carbocycles. The lowest BCUT2D eigenvalue weighted by atomic mass is 10.1. The zero-order valence-electron chi connectivity index (χ0n) is 10.8. The third-order valence-electron chi connectivity index (χ3n) is 2.77. The third-order valence-corrected chi connectivity index (χ3v) is 2.77. The average Bonchev–Trinajstić information content (AvgIpc) is 2.32. The van der Waals surface area contributed by atoms with Gasteiger partial charge in [0.15, 0.2) is 0 Å². The maximum absolute atomic E-state index is 11.6. The number of carbonyl (C=O) groups excluding carboxylic acids is 1. The van der Waals surface area contributed by atoms with Gasteiger partial charge in [-0.2, -0.15) is 0 Å². The Bertz CT molecular complexity index is 346. The lowest BCUT2D eigenvalue weighted by Gasteiger charge is -2.17. The molecule has 17 heavy (non-hydrogen) atoms. The highest BCUT2D eigenvalue weighted by Gasteiger charge is 2.07. The number of aryl methyl sites for hydroxylation is 1. The van der Waals surface area contributed by atoms with E-state index >= 15 is 0 Å². The molecule has 0 aliphatic carbocycles. The van der Waals surface area contributed by atoms with Crippen molar-refractivity contribution in [3.8, 4) is 0 Å². The normalized spacial score (nSPS) is 10.3. The second-order valence-electron chi connectivity index (χ2n) is 4.35. The van der Waals surface area contributed by atoms with Crippen molar-refractivity contribution in [2.45, 2.75) is 32.7 Å². The summed E-state index contributed by atoms with van der Waals surface area (Å²) in [6.45, 7) is 3.25. The largest absolute Gasteiger partial charge is 0.341 e. The van der Waals surface area contributed by atoms with Gasteiger partial charge in [-0.05, 0) is 17.5 Å². The van der Waals surface area contributed by atoms with Crippen LogP contribution in [-0.2, 0) is 17.8 Å². The molecule has 0 heterocycles. The summed E-state index contributed by atoms with van der Waals surface area (Å²) < 4.78 is 0. The molecule has 3 heteroatoms. The van der Waals surface area contributed by atoms with Gasteiger partial charge in [-0.1, -0.05) is 37.6 Å². The minimum absolute atomic E-state index is 0.102. The van der Waals surface area contributed by atoms with Crippen LogP contribution in [0.15, 0.2) is 24.3 Å². The lowest BCUT2D eigenvalue weighted by Crippen LogP contribution is -2.27. The van der Waals surface area contributed by atoms with Gasteiger partial charge in [-0.15, -0.1) is 0 Å². The molecular weight excluding hydrogens is 212 g/mol. The summed E-state index contributed by atoms with van der Waals surface area (Å²) in [5.41, 5.74) is 7.88. The van der Waals surface area contributed by atoms with E-state index in [2.05, 4.69) is 31.2 Å². The first kappa shape index (κ1) is 13.7. The monoisotopic (exact) mass is 234 g/mol. The Balaban J connectivity index is 2.53. The van der Waals surface area contributed by atoms with Gasteiger partial charge in [-0.25, -0.2) is 0 Å². The van der Waals surface area contributed by atoms with E-state index < -0.39 is 0 Å². The number of nitrogens with two attached hydrogens (primary N) is 1. The van der Waals surface area contributed by atoms with Gasteiger partial charge >= 0.3 is 0 Å². The standard InChI is InChI=1S/C14H22N2O/c1-3-4-12-5-7-13(8-6-12)11-16(2)14(17)9-10-15/h5-8H,3-4,9-11,15H2,1-2H3. The van der Waals surface area contributed by atoms with E-state index in [4.69, 9.17) is 5.73 Å².